The highest BCUT2D eigenvalue weighted by atomic mass is 32.2. The molecule has 7 heteroatoms. The molecule has 128 valence electrons. The number of amides is 1. The van der Waals surface area contributed by atoms with E-state index in [4.69, 9.17) is 4.74 Å². The van der Waals surface area contributed by atoms with E-state index in [-0.39, 0.29) is 23.5 Å². The van der Waals surface area contributed by atoms with E-state index in [2.05, 4.69) is 10.0 Å². The number of benzene rings is 1. The van der Waals surface area contributed by atoms with Gasteiger partial charge in [0, 0.05) is 13.2 Å². The zero-order chi connectivity index (χ0) is 17.0. The zero-order valence-electron chi connectivity index (χ0n) is 13.8. The van der Waals surface area contributed by atoms with E-state index < -0.39 is 10.0 Å². The third kappa shape index (κ3) is 4.76. The third-order valence-corrected chi connectivity index (χ3v) is 5.55. The Bertz CT molecular complexity index is 656. The maximum atomic E-state index is 12.4. The second kappa shape index (κ2) is 7.42. The normalized spacial score (nSPS) is 18.1. The van der Waals surface area contributed by atoms with Gasteiger partial charge in [-0.25, -0.2) is 13.1 Å². The summed E-state index contributed by atoms with van der Waals surface area (Å²) in [5, 5.41) is 2.70. The first-order valence-electron chi connectivity index (χ1n) is 7.75. The van der Waals surface area contributed by atoms with Gasteiger partial charge >= 0.3 is 0 Å². The van der Waals surface area contributed by atoms with Crippen molar-refractivity contribution < 1.29 is 17.9 Å². The number of ether oxygens (including phenoxy) is 1. The monoisotopic (exact) mass is 340 g/mol. The maximum absolute atomic E-state index is 12.4. The average molecular weight is 340 g/mol. The molecule has 0 saturated carbocycles. The van der Waals surface area contributed by atoms with Crippen LogP contribution in [0.15, 0.2) is 17.0 Å². The summed E-state index contributed by atoms with van der Waals surface area (Å²) in [4.78, 5) is 12.1. The molecule has 0 bridgehead atoms. The highest BCUT2D eigenvalue weighted by Crippen LogP contribution is 2.21. The van der Waals surface area contributed by atoms with E-state index in [0.717, 1.165) is 25.0 Å². The van der Waals surface area contributed by atoms with Gasteiger partial charge in [0.2, 0.25) is 15.9 Å². The lowest BCUT2D eigenvalue weighted by Gasteiger charge is -2.14. The van der Waals surface area contributed by atoms with Crippen LogP contribution in [0.25, 0.3) is 0 Å². The molecule has 1 heterocycles. The van der Waals surface area contributed by atoms with Crippen LogP contribution in [0, 0.1) is 20.8 Å². The van der Waals surface area contributed by atoms with Gasteiger partial charge in [0.1, 0.15) is 0 Å². The van der Waals surface area contributed by atoms with Crippen LogP contribution in [0.1, 0.15) is 29.5 Å². The van der Waals surface area contributed by atoms with Gasteiger partial charge in [0.25, 0.3) is 0 Å². The van der Waals surface area contributed by atoms with Gasteiger partial charge in [-0.1, -0.05) is 17.7 Å². The van der Waals surface area contributed by atoms with Crippen molar-refractivity contribution in [1.29, 1.82) is 0 Å². The second-order valence-corrected chi connectivity index (χ2v) is 7.70. The van der Waals surface area contributed by atoms with Gasteiger partial charge in [0.15, 0.2) is 0 Å². The van der Waals surface area contributed by atoms with Gasteiger partial charge in [-0.2, -0.15) is 0 Å². The Kier molecular flexibility index (Phi) is 5.78. The van der Waals surface area contributed by atoms with Crippen LogP contribution in [0.4, 0.5) is 0 Å². The molecule has 2 rings (SSSR count). The lowest BCUT2D eigenvalue weighted by atomic mass is 10.1. The SMILES string of the molecule is Cc1cc(C)c(S(=O)(=O)NCC(=O)NCC2CCCO2)c(C)c1. The Balaban J connectivity index is 1.94. The Morgan fingerprint density at radius 1 is 1.26 bits per heavy atom. The first-order valence-corrected chi connectivity index (χ1v) is 9.24. The van der Waals surface area contributed by atoms with Gasteiger partial charge in [-0.05, 0) is 44.7 Å². The largest absolute Gasteiger partial charge is 0.376 e. The van der Waals surface area contributed by atoms with Crippen molar-refractivity contribution in [2.45, 2.75) is 44.6 Å². The van der Waals surface area contributed by atoms with E-state index in [9.17, 15) is 13.2 Å². The van der Waals surface area contributed by atoms with Gasteiger partial charge in [-0.3, -0.25) is 4.79 Å². The molecule has 1 aliphatic heterocycles. The van der Waals surface area contributed by atoms with E-state index >= 15 is 0 Å². The van der Waals surface area contributed by atoms with E-state index in [0.29, 0.717) is 17.7 Å². The van der Waals surface area contributed by atoms with Crippen LogP contribution in [0.2, 0.25) is 0 Å². The number of carbonyl (C=O) groups excluding carboxylic acids is 1. The highest BCUT2D eigenvalue weighted by Gasteiger charge is 2.21. The van der Waals surface area contributed by atoms with Gasteiger partial charge < -0.3 is 10.1 Å². The zero-order valence-corrected chi connectivity index (χ0v) is 14.6. The number of sulfonamides is 1. The van der Waals surface area contributed by atoms with Crippen molar-refractivity contribution in [3.63, 3.8) is 0 Å². The molecule has 1 aromatic carbocycles. The Morgan fingerprint density at radius 3 is 2.48 bits per heavy atom. The predicted octanol–water partition coefficient (Wildman–Crippen LogP) is 1.19. The van der Waals surface area contributed by atoms with Crippen LogP contribution < -0.4 is 10.0 Å². The first kappa shape index (κ1) is 17.9. The van der Waals surface area contributed by atoms with Crippen LogP contribution in [-0.2, 0) is 19.6 Å². The number of hydrogen-bond donors (Lipinski definition) is 2. The molecule has 6 nitrogen and oxygen atoms in total. The number of hydrogen-bond acceptors (Lipinski definition) is 4. The smallest absolute Gasteiger partial charge is 0.241 e. The molecular formula is C16H24N2O4S. The molecule has 1 atom stereocenters. The fourth-order valence-corrected chi connectivity index (χ4v) is 4.35. The quantitative estimate of drug-likeness (QED) is 0.814. The molecule has 1 unspecified atom stereocenters. The fraction of sp³-hybridized carbons (Fsp3) is 0.562. The lowest BCUT2D eigenvalue weighted by molar-refractivity contribution is -0.120. The average Bonchev–Trinajstić information content (AvgIpc) is 2.94. The van der Waals surface area contributed by atoms with E-state index in [1.807, 2.05) is 19.1 Å². The van der Waals surface area contributed by atoms with Gasteiger partial charge in [0.05, 0.1) is 17.5 Å². The number of aryl methyl sites for hydroxylation is 3. The second-order valence-electron chi connectivity index (χ2n) is 5.99. The highest BCUT2D eigenvalue weighted by molar-refractivity contribution is 7.89. The van der Waals surface area contributed by atoms with Crippen LogP contribution in [0.5, 0.6) is 0 Å². The van der Waals surface area contributed by atoms with Crippen LogP contribution in [0.3, 0.4) is 0 Å². The molecule has 2 N–H and O–H groups in total. The predicted molar refractivity (Wildman–Crippen MR) is 87.8 cm³/mol. The Morgan fingerprint density at radius 2 is 1.91 bits per heavy atom. The third-order valence-electron chi connectivity index (χ3n) is 3.85. The summed E-state index contributed by atoms with van der Waals surface area (Å²) in [6, 6.07) is 3.64. The van der Waals surface area contributed by atoms with E-state index in [1.54, 1.807) is 13.8 Å². The number of rotatable bonds is 6. The van der Waals surface area contributed by atoms with Crippen LogP contribution >= 0.6 is 0 Å². The maximum Gasteiger partial charge on any atom is 0.241 e. The molecule has 0 aliphatic carbocycles. The Hall–Kier alpha value is -1.44. The lowest BCUT2D eigenvalue weighted by Crippen LogP contribution is -2.40. The minimum Gasteiger partial charge on any atom is -0.376 e. The molecule has 1 aliphatic rings. The molecule has 1 fully saturated rings. The summed E-state index contributed by atoms with van der Waals surface area (Å²) < 4.78 is 32.6. The molecule has 0 radical (unpaired) electrons. The minimum atomic E-state index is -3.71. The molecule has 1 aromatic rings. The van der Waals surface area contributed by atoms with Crippen molar-refractivity contribution >= 4 is 15.9 Å². The molecule has 23 heavy (non-hydrogen) atoms. The molecule has 0 spiro atoms. The standard InChI is InChI=1S/C16H24N2O4S/c1-11-7-12(2)16(13(3)8-11)23(20,21)18-10-15(19)17-9-14-5-4-6-22-14/h7-8,14,18H,4-6,9-10H2,1-3H3,(H,17,19). The van der Waals surface area contributed by atoms with Crippen molar-refractivity contribution in [3.8, 4) is 0 Å². The summed E-state index contributed by atoms with van der Waals surface area (Å²) >= 11 is 0. The summed E-state index contributed by atoms with van der Waals surface area (Å²) in [7, 11) is -3.71. The number of nitrogens with one attached hydrogen (secondary N) is 2. The van der Waals surface area contributed by atoms with E-state index in [1.165, 1.54) is 0 Å². The summed E-state index contributed by atoms with van der Waals surface area (Å²) in [6.45, 7) is 6.30. The molecule has 1 amide bonds. The minimum absolute atomic E-state index is 0.0390. The van der Waals surface area contributed by atoms with Crippen molar-refractivity contribution in [1.82, 2.24) is 10.0 Å². The van der Waals surface area contributed by atoms with Gasteiger partial charge in [-0.15, -0.1) is 0 Å². The van der Waals surface area contributed by atoms with Crippen LogP contribution in [-0.4, -0.2) is 40.1 Å². The van der Waals surface area contributed by atoms with Crippen molar-refractivity contribution in [2.75, 3.05) is 19.7 Å². The topological polar surface area (TPSA) is 84.5 Å². The molecule has 1 saturated heterocycles. The number of carbonyl (C=O) groups is 1. The summed E-state index contributed by atoms with van der Waals surface area (Å²) in [5.74, 6) is -0.355. The summed E-state index contributed by atoms with van der Waals surface area (Å²) in [5.41, 5.74) is 2.36. The molecule has 0 aromatic heterocycles. The summed E-state index contributed by atoms with van der Waals surface area (Å²) in [6.07, 6.45) is 1.96. The Labute approximate surface area is 137 Å². The van der Waals surface area contributed by atoms with Crippen molar-refractivity contribution in [3.05, 3.63) is 28.8 Å². The molecular weight excluding hydrogens is 316 g/mol. The fourth-order valence-electron chi connectivity index (χ4n) is 2.92. The van der Waals surface area contributed by atoms with Crippen molar-refractivity contribution in [2.24, 2.45) is 0 Å². The first-order chi connectivity index (χ1) is 10.8.